The average molecular weight is 433 g/mol. The van der Waals surface area contributed by atoms with Crippen LogP contribution < -0.4 is 4.90 Å². The summed E-state index contributed by atoms with van der Waals surface area (Å²) in [5.74, 6) is -1.53. The Morgan fingerprint density at radius 2 is 1.70 bits per heavy atom. The van der Waals surface area contributed by atoms with Gasteiger partial charge in [-0.15, -0.1) is 0 Å². The molecule has 2 aromatic carbocycles. The second kappa shape index (κ2) is 7.67. The summed E-state index contributed by atoms with van der Waals surface area (Å²) in [6, 6.07) is 13.0. The number of rotatable bonds is 5. The van der Waals surface area contributed by atoms with E-state index in [9.17, 15) is 17.6 Å². The number of halogens is 1. The molecule has 30 heavy (non-hydrogen) atoms. The molecule has 6 nitrogen and oxygen atoms in total. The van der Waals surface area contributed by atoms with Crippen molar-refractivity contribution in [2.45, 2.75) is 36.8 Å². The van der Waals surface area contributed by atoms with Gasteiger partial charge in [-0.25, -0.2) is 17.6 Å². The smallest absolute Gasteiger partial charge is 0.341 e. The van der Waals surface area contributed by atoms with Crippen molar-refractivity contribution in [3.05, 3.63) is 48.0 Å². The van der Waals surface area contributed by atoms with Crippen LogP contribution >= 0.6 is 0 Å². The average Bonchev–Trinajstić information content (AvgIpc) is 2.67. The Bertz CT molecular complexity index is 1070. The first kappa shape index (κ1) is 20.8. The van der Waals surface area contributed by atoms with E-state index in [0.29, 0.717) is 5.56 Å². The lowest BCUT2D eigenvalue weighted by atomic mass is 9.95. The number of hydrogen-bond donors (Lipinski definition) is 1. The molecule has 8 heteroatoms. The predicted molar refractivity (Wildman–Crippen MR) is 113 cm³/mol. The zero-order valence-corrected chi connectivity index (χ0v) is 17.7. The van der Waals surface area contributed by atoms with Crippen LogP contribution in [0, 0.1) is 6.92 Å². The van der Waals surface area contributed by atoms with E-state index in [1.807, 2.05) is 43.3 Å². The number of hydrogen-bond acceptors (Lipinski definition) is 4. The van der Waals surface area contributed by atoms with Crippen LogP contribution in [0.3, 0.4) is 0 Å². The molecule has 2 heterocycles. The number of anilines is 1. The summed E-state index contributed by atoms with van der Waals surface area (Å²) >= 11 is 0. The van der Waals surface area contributed by atoms with Crippen LogP contribution in [-0.4, -0.2) is 55.6 Å². The molecular formula is C22H25FN2O4S. The largest absolute Gasteiger partial charge is 0.479 e. The first-order valence-electron chi connectivity index (χ1n) is 10.1. The van der Waals surface area contributed by atoms with Crippen molar-refractivity contribution < 1.29 is 22.7 Å². The maximum Gasteiger partial charge on any atom is 0.341 e. The number of sulfonamides is 1. The quantitative estimate of drug-likeness (QED) is 0.783. The van der Waals surface area contributed by atoms with Gasteiger partial charge in [0.2, 0.25) is 15.7 Å². The zero-order chi connectivity index (χ0) is 21.5. The zero-order valence-electron chi connectivity index (χ0n) is 16.8. The fourth-order valence-electron chi connectivity index (χ4n) is 4.03. The Morgan fingerprint density at radius 3 is 2.27 bits per heavy atom. The first-order valence-corrected chi connectivity index (χ1v) is 11.5. The summed E-state index contributed by atoms with van der Waals surface area (Å²) < 4.78 is 42.6. The van der Waals surface area contributed by atoms with E-state index in [0.717, 1.165) is 36.3 Å². The van der Waals surface area contributed by atoms with Gasteiger partial charge in [-0.3, -0.25) is 0 Å². The standard InChI is InChI=1S/C22H25FN2O4S/c1-16-5-2-3-6-18(16)19-15-17(24-11-4-12-24)7-8-20(19)30(28,29)25-13-9-22(23,10-14-25)21(26)27/h2-3,5-8,15H,4,9-14H2,1H3,(H,26,27). The van der Waals surface area contributed by atoms with Crippen molar-refractivity contribution in [1.82, 2.24) is 4.31 Å². The lowest BCUT2D eigenvalue weighted by molar-refractivity contribution is -0.153. The Labute approximate surface area is 176 Å². The van der Waals surface area contributed by atoms with Gasteiger partial charge in [-0.2, -0.15) is 4.31 Å². The highest BCUT2D eigenvalue weighted by Gasteiger charge is 2.44. The van der Waals surface area contributed by atoms with Crippen molar-refractivity contribution in [2.24, 2.45) is 0 Å². The van der Waals surface area contributed by atoms with Crippen molar-refractivity contribution in [1.29, 1.82) is 0 Å². The van der Waals surface area contributed by atoms with Crippen LogP contribution in [0.5, 0.6) is 0 Å². The van der Waals surface area contributed by atoms with E-state index < -0.39 is 21.7 Å². The van der Waals surface area contributed by atoms with E-state index in [-0.39, 0.29) is 30.8 Å². The molecule has 160 valence electrons. The van der Waals surface area contributed by atoms with Crippen LogP contribution in [0.4, 0.5) is 10.1 Å². The van der Waals surface area contributed by atoms with Gasteiger partial charge in [0, 0.05) is 50.3 Å². The molecule has 2 aromatic rings. The molecule has 2 fully saturated rings. The van der Waals surface area contributed by atoms with Crippen LogP contribution in [0.15, 0.2) is 47.4 Å². The molecule has 2 aliphatic heterocycles. The first-order chi connectivity index (χ1) is 14.2. The summed E-state index contributed by atoms with van der Waals surface area (Å²) in [6.07, 6.45) is 0.405. The molecule has 0 spiro atoms. The minimum atomic E-state index is -3.91. The molecule has 0 unspecified atom stereocenters. The third kappa shape index (κ3) is 3.58. The van der Waals surface area contributed by atoms with Crippen LogP contribution in [0.25, 0.3) is 11.1 Å². The van der Waals surface area contributed by atoms with Crippen LogP contribution in [0.1, 0.15) is 24.8 Å². The van der Waals surface area contributed by atoms with Gasteiger partial charge in [0.05, 0.1) is 4.90 Å². The van der Waals surface area contributed by atoms with Gasteiger partial charge < -0.3 is 10.0 Å². The Kier molecular flexibility index (Phi) is 5.32. The van der Waals surface area contributed by atoms with Gasteiger partial charge in [-0.1, -0.05) is 24.3 Å². The lowest BCUT2D eigenvalue weighted by Gasteiger charge is -2.35. The molecular weight excluding hydrogens is 407 g/mol. The number of piperidine rings is 1. The predicted octanol–water partition coefficient (Wildman–Crippen LogP) is 3.45. The lowest BCUT2D eigenvalue weighted by Crippen LogP contribution is -2.48. The highest BCUT2D eigenvalue weighted by atomic mass is 32.2. The van der Waals surface area contributed by atoms with E-state index in [4.69, 9.17) is 5.11 Å². The minimum Gasteiger partial charge on any atom is -0.479 e. The van der Waals surface area contributed by atoms with Crippen molar-refractivity contribution >= 4 is 21.7 Å². The van der Waals surface area contributed by atoms with Crippen LogP contribution in [0.2, 0.25) is 0 Å². The SMILES string of the molecule is Cc1ccccc1-c1cc(N2CCC2)ccc1S(=O)(=O)N1CCC(F)(C(=O)O)CC1. The molecule has 0 radical (unpaired) electrons. The molecule has 0 aliphatic carbocycles. The van der Waals surface area contributed by atoms with E-state index in [1.54, 1.807) is 6.07 Å². The molecule has 2 aliphatic rings. The van der Waals surface area contributed by atoms with Gasteiger partial charge in [0.1, 0.15) is 0 Å². The molecule has 1 N–H and O–H groups in total. The van der Waals surface area contributed by atoms with Crippen LogP contribution in [-0.2, 0) is 14.8 Å². The van der Waals surface area contributed by atoms with E-state index >= 15 is 0 Å². The van der Waals surface area contributed by atoms with Gasteiger partial charge in [0.25, 0.3) is 0 Å². The highest BCUT2D eigenvalue weighted by molar-refractivity contribution is 7.89. The number of alkyl halides is 1. The third-order valence-electron chi connectivity index (χ3n) is 6.14. The van der Waals surface area contributed by atoms with Gasteiger partial charge in [-0.05, 0) is 42.7 Å². The second-order valence-electron chi connectivity index (χ2n) is 8.01. The number of carboxylic acids is 1. The summed E-state index contributed by atoms with van der Waals surface area (Å²) in [6.45, 7) is 3.50. The summed E-state index contributed by atoms with van der Waals surface area (Å²) in [4.78, 5) is 13.5. The van der Waals surface area contributed by atoms with Crippen molar-refractivity contribution in [2.75, 3.05) is 31.1 Å². The molecule has 2 saturated heterocycles. The Morgan fingerprint density at radius 1 is 1.03 bits per heavy atom. The van der Waals surface area contributed by atoms with Crippen molar-refractivity contribution in [3.8, 4) is 11.1 Å². The molecule has 0 saturated carbocycles. The third-order valence-corrected chi connectivity index (χ3v) is 8.09. The second-order valence-corrected chi connectivity index (χ2v) is 9.92. The summed E-state index contributed by atoms with van der Waals surface area (Å²) in [5, 5.41) is 9.09. The number of carboxylic acid groups (broad SMARTS) is 1. The molecule has 0 bridgehead atoms. The Hall–Kier alpha value is -2.45. The normalized spacial score (nSPS) is 19.3. The fourth-order valence-corrected chi connectivity index (χ4v) is 5.66. The van der Waals surface area contributed by atoms with Gasteiger partial charge >= 0.3 is 5.97 Å². The topological polar surface area (TPSA) is 77.9 Å². The van der Waals surface area contributed by atoms with E-state index in [2.05, 4.69) is 4.90 Å². The van der Waals surface area contributed by atoms with Crippen molar-refractivity contribution in [3.63, 3.8) is 0 Å². The molecule has 4 rings (SSSR count). The van der Waals surface area contributed by atoms with Gasteiger partial charge in [0.15, 0.2) is 0 Å². The number of aliphatic carboxylic acids is 1. The molecule has 0 amide bonds. The highest BCUT2D eigenvalue weighted by Crippen LogP contribution is 2.37. The molecule has 0 aromatic heterocycles. The number of aryl methyl sites for hydroxylation is 1. The van der Waals surface area contributed by atoms with E-state index in [1.165, 1.54) is 4.31 Å². The number of carbonyl (C=O) groups is 1. The molecule has 0 atom stereocenters. The number of nitrogens with zero attached hydrogens (tertiary/aromatic N) is 2. The number of benzene rings is 2. The monoisotopic (exact) mass is 432 g/mol. The fraction of sp³-hybridized carbons (Fsp3) is 0.409. The Balaban J connectivity index is 1.74. The summed E-state index contributed by atoms with van der Waals surface area (Å²) in [5.41, 5.74) is 1.02. The maximum absolute atomic E-state index is 14.4. The summed E-state index contributed by atoms with van der Waals surface area (Å²) in [7, 11) is -3.91. The maximum atomic E-state index is 14.4. The minimum absolute atomic E-state index is 0.160.